The van der Waals surface area contributed by atoms with Gasteiger partial charge >= 0.3 is 5.97 Å². The summed E-state index contributed by atoms with van der Waals surface area (Å²) in [4.78, 5) is 29.9. The van der Waals surface area contributed by atoms with E-state index in [1.54, 1.807) is 6.08 Å². The van der Waals surface area contributed by atoms with Crippen LogP contribution in [-0.4, -0.2) is 91.4 Å². The number of nitrogens with zero attached hydrogens (tertiary/aromatic N) is 2. The quantitative estimate of drug-likeness (QED) is 0.286. The summed E-state index contributed by atoms with van der Waals surface area (Å²) in [6.07, 6.45) is 1.52. The van der Waals surface area contributed by atoms with Gasteiger partial charge in [-0.15, -0.1) is 0 Å². The van der Waals surface area contributed by atoms with Gasteiger partial charge in [0.25, 0.3) is 5.91 Å². The third-order valence-corrected chi connectivity index (χ3v) is 8.92. The van der Waals surface area contributed by atoms with Crippen molar-refractivity contribution in [1.29, 1.82) is 0 Å². The minimum absolute atomic E-state index is 0.0845. The number of aliphatic hydroxyl groups is 1. The molecule has 2 aliphatic rings. The molecular formula is C25H30Br4N3O7+. The van der Waals surface area contributed by atoms with Crippen LogP contribution in [0.4, 0.5) is 0 Å². The van der Waals surface area contributed by atoms with E-state index in [1.165, 1.54) is 7.11 Å². The fraction of sp³-hybridized carbons (Fsp3) is 0.480. The summed E-state index contributed by atoms with van der Waals surface area (Å²) >= 11 is 13.8. The van der Waals surface area contributed by atoms with E-state index >= 15 is 0 Å². The van der Waals surface area contributed by atoms with Crippen molar-refractivity contribution < 1.29 is 38.6 Å². The molecule has 0 fully saturated rings. The Balaban J connectivity index is 1.54. The lowest BCUT2D eigenvalue weighted by Gasteiger charge is -2.33. The maximum Gasteiger partial charge on any atom is 0.362 e. The number of amides is 1. The van der Waals surface area contributed by atoms with Gasteiger partial charge in [-0.05, 0) is 93.9 Å². The van der Waals surface area contributed by atoms with Gasteiger partial charge < -0.3 is 34.3 Å². The number of aliphatic carboxylic acids is 1. The maximum absolute atomic E-state index is 12.8. The first-order valence-corrected chi connectivity index (χ1v) is 15.1. The van der Waals surface area contributed by atoms with E-state index in [-0.39, 0.29) is 24.6 Å². The Kier molecular flexibility index (Phi) is 10.7. The summed E-state index contributed by atoms with van der Waals surface area (Å²) in [5.41, 5.74) is -0.103. The third kappa shape index (κ3) is 7.45. The second-order valence-corrected chi connectivity index (χ2v) is 13.5. The zero-order chi connectivity index (χ0) is 29.1. The monoisotopic (exact) mass is 800 g/mol. The molecule has 0 saturated carbocycles. The molecule has 3 N–H and O–H groups in total. The van der Waals surface area contributed by atoms with Gasteiger partial charge in [-0.25, -0.2) is 4.79 Å². The van der Waals surface area contributed by atoms with Crippen LogP contribution < -0.4 is 10.1 Å². The number of halogens is 4. The molecule has 0 aromatic heterocycles. The Morgan fingerprint density at radius 1 is 1.23 bits per heavy atom. The summed E-state index contributed by atoms with van der Waals surface area (Å²) in [5, 5.41) is 27.0. The number of allylic oxidation sites excluding steroid dienone is 1. The van der Waals surface area contributed by atoms with Gasteiger partial charge in [0.2, 0.25) is 0 Å². The molecule has 214 valence electrons. The predicted octanol–water partition coefficient (Wildman–Crippen LogP) is 4.22. The number of carboxylic acid groups (broad SMARTS) is 1. The number of hydrogen-bond acceptors (Lipinski definition) is 7. The van der Waals surface area contributed by atoms with Gasteiger partial charge in [0.15, 0.2) is 11.6 Å². The van der Waals surface area contributed by atoms with Crippen LogP contribution in [0, 0.1) is 0 Å². The van der Waals surface area contributed by atoms with Crippen molar-refractivity contribution in [3.63, 3.8) is 0 Å². The van der Waals surface area contributed by atoms with Crippen LogP contribution in [0.5, 0.6) is 5.75 Å². The molecule has 1 aliphatic heterocycles. The number of rotatable bonds is 11. The van der Waals surface area contributed by atoms with Crippen molar-refractivity contribution >= 4 is 81.3 Å². The summed E-state index contributed by atoms with van der Waals surface area (Å²) in [6.45, 7) is 0.581. The highest BCUT2D eigenvalue weighted by Gasteiger charge is 2.50. The van der Waals surface area contributed by atoms with Crippen LogP contribution >= 0.6 is 63.7 Å². The van der Waals surface area contributed by atoms with Gasteiger partial charge in [-0.2, -0.15) is 0 Å². The van der Waals surface area contributed by atoms with Gasteiger partial charge in [0.1, 0.15) is 23.3 Å². The zero-order valence-electron chi connectivity index (χ0n) is 21.8. The molecule has 1 unspecified atom stereocenters. The summed E-state index contributed by atoms with van der Waals surface area (Å²) in [7, 11) is 7.01. The molecule has 1 aromatic rings. The number of nitrogens with one attached hydrogen (secondary N) is 1. The van der Waals surface area contributed by atoms with E-state index < -0.39 is 23.7 Å². The highest BCUT2D eigenvalue weighted by Crippen LogP contribution is 2.44. The van der Waals surface area contributed by atoms with Crippen molar-refractivity contribution in [2.45, 2.75) is 37.0 Å². The Hall–Kier alpha value is -1.45. The molecule has 39 heavy (non-hydrogen) atoms. The second-order valence-electron chi connectivity index (χ2n) is 10.0. The third-order valence-electron chi connectivity index (χ3n) is 6.36. The lowest BCUT2D eigenvalue weighted by Crippen LogP contribution is -2.50. The predicted molar refractivity (Wildman–Crippen MR) is 160 cm³/mol. The molecule has 1 aliphatic carbocycles. The SMILES string of the molecule is COC1=C(Br)[C@H](O)[C@@]2(C=C1Br)CC(C(=O)NCCc1cc(Br)c(OCCC(C(=O)O)[N+](C)(C)C)c(Br)c1)=NO2. The Bertz CT molecular complexity index is 1210. The zero-order valence-corrected chi connectivity index (χ0v) is 28.1. The first-order chi connectivity index (χ1) is 18.2. The lowest BCUT2D eigenvalue weighted by molar-refractivity contribution is -0.887. The van der Waals surface area contributed by atoms with Crippen molar-refractivity contribution in [3.8, 4) is 5.75 Å². The second kappa shape index (κ2) is 13.0. The van der Waals surface area contributed by atoms with E-state index in [1.807, 2.05) is 33.3 Å². The van der Waals surface area contributed by atoms with Crippen LogP contribution in [0.1, 0.15) is 18.4 Å². The van der Waals surface area contributed by atoms with Gasteiger partial charge in [-0.1, -0.05) is 5.16 Å². The topological polar surface area (TPSA) is 127 Å². The highest BCUT2D eigenvalue weighted by molar-refractivity contribution is 9.12. The number of hydrogen-bond donors (Lipinski definition) is 3. The molecule has 1 amide bonds. The van der Waals surface area contributed by atoms with E-state index in [0.29, 0.717) is 53.3 Å². The lowest BCUT2D eigenvalue weighted by atomic mass is 9.87. The van der Waals surface area contributed by atoms with Crippen LogP contribution in [0.15, 0.2) is 47.0 Å². The molecule has 1 spiro atoms. The molecule has 0 radical (unpaired) electrons. The van der Waals surface area contributed by atoms with Crippen LogP contribution in [0.2, 0.25) is 0 Å². The van der Waals surface area contributed by atoms with E-state index in [2.05, 4.69) is 74.2 Å². The number of benzene rings is 1. The number of carbonyl (C=O) groups excluding carboxylic acids is 1. The maximum atomic E-state index is 12.8. The number of ether oxygens (including phenoxy) is 2. The van der Waals surface area contributed by atoms with Crippen LogP contribution in [-0.2, 0) is 25.6 Å². The van der Waals surface area contributed by atoms with Crippen molar-refractivity contribution in [2.24, 2.45) is 5.16 Å². The van der Waals surface area contributed by atoms with E-state index in [4.69, 9.17) is 14.3 Å². The van der Waals surface area contributed by atoms with Crippen molar-refractivity contribution in [1.82, 2.24) is 5.32 Å². The van der Waals surface area contributed by atoms with Crippen molar-refractivity contribution in [2.75, 3.05) is 41.4 Å². The molecule has 1 heterocycles. The Morgan fingerprint density at radius 2 is 1.87 bits per heavy atom. The Labute approximate surface area is 260 Å². The summed E-state index contributed by atoms with van der Waals surface area (Å²) in [6, 6.07) is 3.20. The van der Waals surface area contributed by atoms with Gasteiger partial charge in [0.05, 0.1) is 52.8 Å². The fourth-order valence-electron chi connectivity index (χ4n) is 4.25. The molecule has 10 nitrogen and oxygen atoms in total. The number of carbonyl (C=O) groups is 2. The highest BCUT2D eigenvalue weighted by atomic mass is 79.9. The molecular weight excluding hydrogens is 774 g/mol. The molecule has 14 heteroatoms. The molecule has 3 rings (SSSR count). The fourth-order valence-corrected chi connectivity index (χ4v) is 7.55. The molecule has 0 bridgehead atoms. The number of likely N-dealkylation sites (N-methyl/N-ethyl adjacent to an activating group) is 1. The molecule has 3 atom stereocenters. The summed E-state index contributed by atoms with van der Waals surface area (Å²) < 4.78 is 13.9. The van der Waals surface area contributed by atoms with Crippen LogP contribution in [0.25, 0.3) is 0 Å². The number of aliphatic hydroxyl groups excluding tert-OH is 1. The normalized spacial score (nSPS) is 21.7. The Morgan fingerprint density at radius 3 is 2.44 bits per heavy atom. The van der Waals surface area contributed by atoms with Crippen LogP contribution in [0.3, 0.4) is 0 Å². The number of quaternary nitrogens is 1. The number of methoxy groups -OCH3 is 1. The largest absolute Gasteiger partial charge is 0.495 e. The minimum atomic E-state index is -1.21. The van der Waals surface area contributed by atoms with E-state index in [9.17, 15) is 19.8 Å². The standard InChI is InChI=1S/C25H29Br4N3O7/c1-32(2,3)18(24(35)36)6-8-38-20-14(26)9-13(10-15(20)27)5-7-30-23(34)17-12-25(39-31-17)11-16(28)21(37-4)19(29)22(25)33/h9-11,18,22,33H,5-8,12H2,1-4H3,(H-,30,34,35,36)/p+1/t18?,22-,25+/m0/s1. The van der Waals surface area contributed by atoms with E-state index in [0.717, 1.165) is 5.56 Å². The van der Waals surface area contributed by atoms with Gasteiger partial charge in [0, 0.05) is 19.4 Å². The number of oxime groups is 1. The first kappa shape index (κ1) is 32.1. The number of carboxylic acids is 1. The first-order valence-electron chi connectivity index (χ1n) is 11.9. The van der Waals surface area contributed by atoms with Gasteiger partial charge in [-0.3, -0.25) is 4.79 Å². The average molecular weight is 804 g/mol. The minimum Gasteiger partial charge on any atom is -0.495 e. The molecule has 0 saturated heterocycles. The van der Waals surface area contributed by atoms with Crippen molar-refractivity contribution in [3.05, 3.63) is 47.4 Å². The average Bonchev–Trinajstić information content (AvgIpc) is 3.25. The smallest absolute Gasteiger partial charge is 0.362 e. The summed E-state index contributed by atoms with van der Waals surface area (Å²) in [5.74, 6) is -0.226. The molecule has 1 aromatic carbocycles.